The Balaban J connectivity index is 2.06. The molecule has 22 heavy (non-hydrogen) atoms. The number of thiophene rings is 1. The van der Waals surface area contributed by atoms with E-state index in [4.69, 9.17) is 28.3 Å². The van der Waals surface area contributed by atoms with Gasteiger partial charge in [0.15, 0.2) is 0 Å². The van der Waals surface area contributed by atoms with Crippen LogP contribution in [0.1, 0.15) is 15.2 Å². The first-order chi connectivity index (χ1) is 10.3. The van der Waals surface area contributed by atoms with Crippen LogP contribution in [0.2, 0.25) is 9.36 Å². The van der Waals surface area contributed by atoms with Gasteiger partial charge in [0.1, 0.15) is 0 Å². The highest BCUT2D eigenvalue weighted by molar-refractivity contribution is 7.89. The molecule has 0 radical (unpaired) electrons. The maximum Gasteiger partial charge on any atom is 0.252 e. The van der Waals surface area contributed by atoms with Crippen LogP contribution in [0.4, 0.5) is 0 Å². The first-order valence-corrected chi connectivity index (χ1v) is 9.24. The van der Waals surface area contributed by atoms with Gasteiger partial charge < -0.3 is 5.32 Å². The highest BCUT2D eigenvalue weighted by Gasteiger charge is 2.15. The lowest BCUT2D eigenvalue weighted by Crippen LogP contribution is -2.26. The number of carbonyl (C=O) groups excluding carboxylic acids is 1. The Morgan fingerprint density at radius 3 is 2.55 bits per heavy atom. The molecule has 0 bridgehead atoms. The van der Waals surface area contributed by atoms with Crippen molar-refractivity contribution in [1.82, 2.24) is 5.32 Å². The van der Waals surface area contributed by atoms with Crippen LogP contribution in [-0.2, 0) is 16.4 Å². The van der Waals surface area contributed by atoms with Crippen LogP contribution in [0.5, 0.6) is 0 Å². The summed E-state index contributed by atoms with van der Waals surface area (Å²) in [4.78, 5) is 13.0. The quantitative estimate of drug-likeness (QED) is 0.837. The average Bonchev–Trinajstić information content (AvgIpc) is 2.83. The third-order valence-electron chi connectivity index (χ3n) is 2.80. The Morgan fingerprint density at radius 2 is 1.95 bits per heavy atom. The molecule has 2 aromatic rings. The van der Waals surface area contributed by atoms with E-state index < -0.39 is 15.9 Å². The highest BCUT2D eigenvalue weighted by Crippen LogP contribution is 2.22. The van der Waals surface area contributed by atoms with Crippen molar-refractivity contribution >= 4 is 50.5 Å². The minimum absolute atomic E-state index is 0.0670. The van der Waals surface area contributed by atoms with Crippen molar-refractivity contribution in [3.8, 4) is 0 Å². The lowest BCUT2D eigenvalue weighted by atomic mass is 10.2. The molecular formula is C13H12Cl2N2O3S2. The van der Waals surface area contributed by atoms with E-state index in [1.165, 1.54) is 23.5 Å². The third kappa shape index (κ3) is 4.44. The number of nitrogens with one attached hydrogen (secondary N) is 1. The molecule has 1 aromatic carbocycles. The van der Waals surface area contributed by atoms with Crippen molar-refractivity contribution < 1.29 is 13.2 Å². The molecule has 3 N–H and O–H groups in total. The molecule has 5 nitrogen and oxygen atoms in total. The van der Waals surface area contributed by atoms with E-state index in [2.05, 4.69) is 5.32 Å². The Labute approximate surface area is 142 Å². The van der Waals surface area contributed by atoms with Gasteiger partial charge in [-0.3, -0.25) is 4.79 Å². The number of hydrogen-bond acceptors (Lipinski definition) is 4. The average molecular weight is 379 g/mol. The fourth-order valence-electron chi connectivity index (χ4n) is 1.74. The van der Waals surface area contributed by atoms with E-state index in [-0.39, 0.29) is 15.5 Å². The maximum absolute atomic E-state index is 12.1. The highest BCUT2D eigenvalue weighted by atomic mass is 35.5. The Kier molecular flexibility index (Phi) is 5.46. The number of nitrogens with two attached hydrogens (primary N) is 1. The number of sulfonamides is 1. The second-order valence-electron chi connectivity index (χ2n) is 4.40. The van der Waals surface area contributed by atoms with Gasteiger partial charge in [-0.05, 0) is 36.8 Å². The molecule has 0 aliphatic rings. The lowest BCUT2D eigenvalue weighted by Gasteiger charge is -2.07. The zero-order valence-corrected chi connectivity index (χ0v) is 14.3. The molecule has 0 aliphatic carbocycles. The number of benzene rings is 1. The molecule has 0 fully saturated rings. The number of primary sulfonamides is 1. The van der Waals surface area contributed by atoms with Gasteiger partial charge in [0.2, 0.25) is 10.0 Å². The van der Waals surface area contributed by atoms with Gasteiger partial charge in [-0.1, -0.05) is 23.2 Å². The zero-order chi connectivity index (χ0) is 16.3. The summed E-state index contributed by atoms with van der Waals surface area (Å²) in [7, 11) is -3.89. The van der Waals surface area contributed by atoms with Gasteiger partial charge in [0, 0.05) is 11.4 Å². The Morgan fingerprint density at radius 1 is 1.23 bits per heavy atom. The summed E-state index contributed by atoms with van der Waals surface area (Å²) in [6, 6.07) is 7.41. The summed E-state index contributed by atoms with van der Waals surface area (Å²) in [6.07, 6.45) is 0.621. The number of amides is 1. The molecule has 1 aromatic heterocycles. The van der Waals surface area contributed by atoms with Gasteiger partial charge in [0.25, 0.3) is 5.91 Å². The molecule has 0 atom stereocenters. The van der Waals surface area contributed by atoms with E-state index in [9.17, 15) is 13.2 Å². The summed E-state index contributed by atoms with van der Waals surface area (Å²) in [6.45, 7) is 0.381. The molecule has 1 amide bonds. The summed E-state index contributed by atoms with van der Waals surface area (Å²) in [5.74, 6) is -0.460. The normalized spacial score (nSPS) is 11.4. The molecular weight excluding hydrogens is 367 g/mol. The largest absolute Gasteiger partial charge is 0.352 e. The summed E-state index contributed by atoms with van der Waals surface area (Å²) >= 11 is 13.2. The van der Waals surface area contributed by atoms with E-state index in [1.807, 2.05) is 6.07 Å². The number of halogens is 2. The van der Waals surface area contributed by atoms with Crippen LogP contribution < -0.4 is 10.5 Å². The van der Waals surface area contributed by atoms with E-state index in [0.717, 1.165) is 10.9 Å². The predicted octanol–water partition coefficient (Wildman–Crippen LogP) is 2.67. The third-order valence-corrected chi connectivity index (χ3v) is 5.33. The first kappa shape index (κ1) is 17.2. The first-order valence-electron chi connectivity index (χ1n) is 6.12. The Hall–Kier alpha value is -1.12. The van der Waals surface area contributed by atoms with Gasteiger partial charge in [0.05, 0.1) is 19.8 Å². The lowest BCUT2D eigenvalue weighted by molar-refractivity contribution is 0.0954. The van der Waals surface area contributed by atoms with Crippen molar-refractivity contribution in [3.63, 3.8) is 0 Å². The van der Waals surface area contributed by atoms with Crippen molar-refractivity contribution in [2.75, 3.05) is 6.54 Å². The second kappa shape index (κ2) is 6.97. The fourth-order valence-corrected chi connectivity index (χ4v) is 3.57. The fraction of sp³-hybridized carbons (Fsp3) is 0.154. The van der Waals surface area contributed by atoms with E-state index in [1.54, 1.807) is 6.07 Å². The molecule has 2 rings (SSSR count). The predicted molar refractivity (Wildman–Crippen MR) is 88.2 cm³/mol. The number of rotatable bonds is 5. The maximum atomic E-state index is 12.1. The van der Waals surface area contributed by atoms with Crippen LogP contribution in [0.15, 0.2) is 35.2 Å². The number of carbonyl (C=O) groups is 1. The van der Waals surface area contributed by atoms with Crippen molar-refractivity contribution in [2.24, 2.45) is 5.14 Å². The molecule has 9 heteroatoms. The summed E-state index contributed by atoms with van der Waals surface area (Å²) < 4.78 is 23.3. The number of hydrogen-bond donors (Lipinski definition) is 2. The van der Waals surface area contributed by atoms with Crippen LogP contribution in [0.3, 0.4) is 0 Å². The van der Waals surface area contributed by atoms with Gasteiger partial charge >= 0.3 is 0 Å². The van der Waals surface area contributed by atoms with Crippen molar-refractivity contribution in [1.29, 1.82) is 0 Å². The van der Waals surface area contributed by atoms with Gasteiger partial charge in [-0.2, -0.15) is 0 Å². The molecule has 0 saturated heterocycles. The molecule has 0 aliphatic heterocycles. The van der Waals surface area contributed by atoms with Crippen LogP contribution in [-0.4, -0.2) is 20.9 Å². The van der Waals surface area contributed by atoms with Gasteiger partial charge in [-0.25, -0.2) is 13.6 Å². The van der Waals surface area contributed by atoms with Crippen LogP contribution in [0.25, 0.3) is 0 Å². The molecule has 0 unspecified atom stereocenters. The molecule has 118 valence electrons. The second-order valence-corrected chi connectivity index (χ2v) is 8.17. The minimum atomic E-state index is -3.89. The van der Waals surface area contributed by atoms with E-state index in [0.29, 0.717) is 17.3 Å². The summed E-state index contributed by atoms with van der Waals surface area (Å²) in [5, 5.41) is 7.88. The zero-order valence-electron chi connectivity index (χ0n) is 11.2. The van der Waals surface area contributed by atoms with Crippen LogP contribution in [0, 0.1) is 0 Å². The van der Waals surface area contributed by atoms with Crippen molar-refractivity contribution in [2.45, 2.75) is 11.3 Å². The van der Waals surface area contributed by atoms with Gasteiger partial charge in [-0.15, -0.1) is 11.3 Å². The van der Waals surface area contributed by atoms with Crippen molar-refractivity contribution in [3.05, 3.63) is 50.1 Å². The SMILES string of the molecule is NS(=O)(=O)c1ccc(Cl)c(C(=O)NCCc2ccc(Cl)s2)c1. The monoisotopic (exact) mass is 378 g/mol. The van der Waals surface area contributed by atoms with Crippen LogP contribution >= 0.6 is 34.5 Å². The summed E-state index contributed by atoms with van der Waals surface area (Å²) in [5.41, 5.74) is 0.0670. The Bertz CT molecular complexity index is 803. The molecule has 0 saturated carbocycles. The van der Waals surface area contributed by atoms with E-state index >= 15 is 0 Å². The molecule has 1 heterocycles. The molecule has 0 spiro atoms. The smallest absolute Gasteiger partial charge is 0.252 e. The topological polar surface area (TPSA) is 89.3 Å². The standard InChI is InChI=1S/C13H12Cl2N2O3S2/c14-11-3-2-9(22(16,19)20)7-10(11)13(18)17-6-5-8-1-4-12(15)21-8/h1-4,7H,5-6H2,(H,17,18)(H2,16,19,20). The minimum Gasteiger partial charge on any atom is -0.352 e.